The second-order valence-electron chi connectivity index (χ2n) is 4.96. The minimum absolute atomic E-state index is 0.233. The highest BCUT2D eigenvalue weighted by Crippen LogP contribution is 2.20. The van der Waals surface area contributed by atoms with Crippen molar-refractivity contribution in [3.63, 3.8) is 0 Å². The van der Waals surface area contributed by atoms with Gasteiger partial charge in [-0.15, -0.1) is 0 Å². The van der Waals surface area contributed by atoms with E-state index in [0.717, 1.165) is 23.3 Å². The molecule has 0 bridgehead atoms. The molecular formula is C16H20BrNO. The monoisotopic (exact) mass is 321 g/mol. The summed E-state index contributed by atoms with van der Waals surface area (Å²) in [6, 6.07) is 15.2. The number of hydrogen-bond donors (Lipinski definition) is 1. The molecule has 0 saturated carbocycles. The first-order chi connectivity index (χ1) is 9.15. The zero-order valence-corrected chi connectivity index (χ0v) is 13.0. The molecule has 2 aromatic rings. The second-order valence-corrected chi connectivity index (χ2v) is 5.74. The Bertz CT molecular complexity index is 494. The van der Waals surface area contributed by atoms with E-state index in [9.17, 15) is 0 Å². The summed E-state index contributed by atoms with van der Waals surface area (Å²) in [7, 11) is 0. The van der Waals surface area contributed by atoms with Crippen LogP contribution in [0.5, 0.6) is 0 Å². The predicted octanol–water partition coefficient (Wildman–Crippen LogP) is 4.71. The van der Waals surface area contributed by atoms with E-state index in [1.165, 1.54) is 5.56 Å². The molecule has 0 aliphatic heterocycles. The predicted molar refractivity (Wildman–Crippen MR) is 82.2 cm³/mol. The highest BCUT2D eigenvalue weighted by atomic mass is 79.9. The summed E-state index contributed by atoms with van der Waals surface area (Å²) in [5.74, 6) is 0.971. The minimum Gasteiger partial charge on any atom is -0.453 e. The summed E-state index contributed by atoms with van der Waals surface area (Å²) in [6.07, 6.45) is 2.22. The van der Waals surface area contributed by atoms with E-state index in [-0.39, 0.29) is 6.04 Å². The molecule has 2 nitrogen and oxygen atoms in total. The van der Waals surface area contributed by atoms with E-state index in [1.54, 1.807) is 0 Å². The molecule has 1 N–H and O–H groups in total. The number of furan rings is 1. The second kappa shape index (κ2) is 6.92. The van der Waals surface area contributed by atoms with Crippen LogP contribution in [0.15, 0.2) is 51.6 Å². The van der Waals surface area contributed by atoms with Gasteiger partial charge in [-0.3, -0.25) is 0 Å². The van der Waals surface area contributed by atoms with E-state index in [0.29, 0.717) is 6.04 Å². The minimum atomic E-state index is 0.233. The Morgan fingerprint density at radius 3 is 2.47 bits per heavy atom. The molecule has 0 spiro atoms. The summed E-state index contributed by atoms with van der Waals surface area (Å²) in [4.78, 5) is 0. The van der Waals surface area contributed by atoms with Crippen LogP contribution in [-0.4, -0.2) is 6.04 Å². The highest BCUT2D eigenvalue weighted by Gasteiger charge is 2.12. The Morgan fingerprint density at radius 1 is 1.11 bits per heavy atom. The fourth-order valence-corrected chi connectivity index (χ4v) is 2.50. The molecule has 1 aromatic carbocycles. The lowest BCUT2D eigenvalue weighted by Gasteiger charge is -2.18. The van der Waals surface area contributed by atoms with E-state index >= 15 is 0 Å². The summed E-state index contributed by atoms with van der Waals surface area (Å²) in [5, 5.41) is 3.57. The largest absolute Gasteiger partial charge is 0.453 e. The molecule has 0 aliphatic rings. The van der Waals surface area contributed by atoms with Gasteiger partial charge in [0, 0.05) is 6.04 Å². The number of rotatable bonds is 6. The van der Waals surface area contributed by atoms with Crippen LogP contribution in [0.3, 0.4) is 0 Å². The van der Waals surface area contributed by atoms with Gasteiger partial charge < -0.3 is 9.73 Å². The molecule has 0 radical (unpaired) electrons. The molecule has 1 heterocycles. The maximum Gasteiger partial charge on any atom is 0.169 e. The van der Waals surface area contributed by atoms with Gasteiger partial charge >= 0.3 is 0 Å². The Labute approximate surface area is 123 Å². The molecule has 2 unspecified atom stereocenters. The number of halogens is 1. The van der Waals surface area contributed by atoms with Crippen molar-refractivity contribution < 1.29 is 4.42 Å². The van der Waals surface area contributed by atoms with Gasteiger partial charge in [0.05, 0.1) is 6.04 Å². The molecule has 0 saturated heterocycles. The summed E-state index contributed by atoms with van der Waals surface area (Å²) in [6.45, 7) is 4.35. The highest BCUT2D eigenvalue weighted by molar-refractivity contribution is 9.10. The fraction of sp³-hybridized carbons (Fsp3) is 0.375. The Morgan fingerprint density at radius 2 is 1.84 bits per heavy atom. The molecule has 19 heavy (non-hydrogen) atoms. The number of nitrogens with one attached hydrogen (secondary N) is 1. The zero-order chi connectivity index (χ0) is 13.7. The topological polar surface area (TPSA) is 25.2 Å². The van der Waals surface area contributed by atoms with Crippen LogP contribution in [0, 0.1) is 0 Å². The first-order valence-electron chi connectivity index (χ1n) is 6.70. The maximum absolute atomic E-state index is 5.56. The lowest BCUT2D eigenvalue weighted by Crippen LogP contribution is -2.29. The molecule has 0 aliphatic carbocycles. The Balaban J connectivity index is 1.79. The maximum atomic E-state index is 5.56. The Kier molecular flexibility index (Phi) is 5.23. The molecule has 1 aromatic heterocycles. The van der Waals surface area contributed by atoms with Crippen molar-refractivity contribution in [2.75, 3.05) is 0 Å². The summed E-state index contributed by atoms with van der Waals surface area (Å²) in [5.41, 5.74) is 1.39. The van der Waals surface area contributed by atoms with Gasteiger partial charge in [-0.2, -0.15) is 0 Å². The molecule has 2 atom stereocenters. The number of hydrogen-bond acceptors (Lipinski definition) is 2. The van der Waals surface area contributed by atoms with Crippen molar-refractivity contribution in [2.45, 2.75) is 38.8 Å². The van der Waals surface area contributed by atoms with Crippen LogP contribution in [0.1, 0.15) is 37.6 Å². The molecule has 102 valence electrons. The van der Waals surface area contributed by atoms with Gasteiger partial charge in [0.25, 0.3) is 0 Å². The average molecular weight is 322 g/mol. The molecular weight excluding hydrogens is 302 g/mol. The van der Waals surface area contributed by atoms with Crippen LogP contribution in [-0.2, 0) is 6.42 Å². The van der Waals surface area contributed by atoms with Gasteiger partial charge in [-0.25, -0.2) is 0 Å². The summed E-state index contributed by atoms with van der Waals surface area (Å²) < 4.78 is 6.35. The van der Waals surface area contributed by atoms with Crippen molar-refractivity contribution in [1.29, 1.82) is 0 Å². The number of benzene rings is 1. The third-order valence-electron chi connectivity index (χ3n) is 3.26. The lowest BCUT2D eigenvalue weighted by atomic mass is 10.1. The number of aryl methyl sites for hydroxylation is 1. The van der Waals surface area contributed by atoms with Crippen LogP contribution in [0.4, 0.5) is 0 Å². The van der Waals surface area contributed by atoms with Crippen molar-refractivity contribution in [3.8, 4) is 0 Å². The zero-order valence-electron chi connectivity index (χ0n) is 11.4. The standard InChI is InChI=1S/C16H20BrNO/c1-12(8-9-14-6-4-3-5-7-14)18-13(2)15-10-11-16(17)19-15/h3-7,10-13,18H,8-9H2,1-2H3. The van der Waals surface area contributed by atoms with Crippen LogP contribution < -0.4 is 5.32 Å². The summed E-state index contributed by atoms with van der Waals surface area (Å²) >= 11 is 3.33. The van der Waals surface area contributed by atoms with E-state index in [2.05, 4.69) is 65.4 Å². The molecule has 0 fully saturated rings. The Hall–Kier alpha value is -1.06. The van der Waals surface area contributed by atoms with Gasteiger partial charge in [0.2, 0.25) is 0 Å². The van der Waals surface area contributed by atoms with Crippen LogP contribution >= 0.6 is 15.9 Å². The van der Waals surface area contributed by atoms with Gasteiger partial charge in [0.15, 0.2) is 4.67 Å². The van der Waals surface area contributed by atoms with Crippen molar-refractivity contribution >= 4 is 15.9 Å². The van der Waals surface area contributed by atoms with Gasteiger partial charge in [-0.05, 0) is 60.3 Å². The molecule has 3 heteroatoms. The van der Waals surface area contributed by atoms with Crippen LogP contribution in [0.2, 0.25) is 0 Å². The molecule has 0 amide bonds. The van der Waals surface area contributed by atoms with Crippen molar-refractivity contribution in [3.05, 3.63) is 58.5 Å². The first kappa shape index (κ1) is 14.4. The smallest absolute Gasteiger partial charge is 0.169 e. The average Bonchev–Trinajstić information content (AvgIpc) is 2.84. The van der Waals surface area contributed by atoms with Gasteiger partial charge in [-0.1, -0.05) is 30.3 Å². The van der Waals surface area contributed by atoms with Crippen molar-refractivity contribution in [1.82, 2.24) is 5.32 Å². The first-order valence-corrected chi connectivity index (χ1v) is 7.49. The quantitative estimate of drug-likeness (QED) is 0.833. The lowest BCUT2D eigenvalue weighted by molar-refractivity contribution is 0.381. The van der Waals surface area contributed by atoms with E-state index < -0.39 is 0 Å². The van der Waals surface area contributed by atoms with Crippen molar-refractivity contribution in [2.24, 2.45) is 0 Å². The SMILES string of the molecule is CC(CCc1ccccc1)NC(C)c1ccc(Br)o1. The third kappa shape index (κ3) is 4.51. The van der Waals surface area contributed by atoms with E-state index in [4.69, 9.17) is 4.42 Å². The fourth-order valence-electron chi connectivity index (χ4n) is 2.18. The van der Waals surface area contributed by atoms with Gasteiger partial charge in [0.1, 0.15) is 5.76 Å². The van der Waals surface area contributed by atoms with E-state index in [1.807, 2.05) is 12.1 Å². The molecule has 2 rings (SSSR count). The third-order valence-corrected chi connectivity index (χ3v) is 3.69. The van der Waals surface area contributed by atoms with Crippen LogP contribution in [0.25, 0.3) is 0 Å². The normalized spacial score (nSPS) is 14.3.